The normalized spacial score (nSPS) is 26.4. The molecule has 2 rings (SSSR count). The van der Waals surface area contributed by atoms with Gasteiger partial charge in [-0.3, -0.25) is 9.89 Å². The molecule has 4 nitrogen and oxygen atoms in total. The second-order valence-electron chi connectivity index (χ2n) is 5.98. The molecule has 0 unspecified atom stereocenters. The van der Waals surface area contributed by atoms with Gasteiger partial charge in [-0.25, -0.2) is 0 Å². The number of likely N-dealkylation sites (tertiary alicyclic amines) is 1. The van der Waals surface area contributed by atoms with Crippen LogP contribution in [0.2, 0.25) is 0 Å². The molecule has 0 saturated carbocycles. The van der Waals surface area contributed by atoms with E-state index >= 15 is 0 Å². The number of hydrogen-bond acceptors (Lipinski definition) is 3. The van der Waals surface area contributed by atoms with Gasteiger partial charge in [0.25, 0.3) is 0 Å². The summed E-state index contributed by atoms with van der Waals surface area (Å²) >= 11 is 2.01. The lowest BCUT2D eigenvalue weighted by molar-refractivity contribution is 0.231. The molecule has 2 fully saturated rings. The molecule has 0 aromatic heterocycles. The van der Waals surface area contributed by atoms with Crippen molar-refractivity contribution < 1.29 is 0 Å². The standard InChI is InChI=1S/C14H28N4S/c1-12(2)11-18-5-3-4-13(18)10-16-14(15)17-6-8-19-9-7-17/h12-13H,3-11H2,1-2H3,(H2,15,16)/t13-/m1/s1. The molecule has 0 spiro atoms. The summed E-state index contributed by atoms with van der Waals surface area (Å²) in [6.07, 6.45) is 2.59. The molecule has 0 radical (unpaired) electrons. The predicted molar refractivity (Wildman–Crippen MR) is 84.8 cm³/mol. The molecule has 0 bridgehead atoms. The number of aliphatic imine (C=N–C) groups is 1. The molecule has 1 atom stereocenters. The smallest absolute Gasteiger partial charge is 0.191 e. The van der Waals surface area contributed by atoms with Gasteiger partial charge in [-0.05, 0) is 25.3 Å². The minimum atomic E-state index is 0.611. The molecule has 0 aromatic carbocycles. The maximum Gasteiger partial charge on any atom is 0.191 e. The zero-order chi connectivity index (χ0) is 13.7. The zero-order valence-electron chi connectivity index (χ0n) is 12.3. The first kappa shape index (κ1) is 15.0. The molecule has 110 valence electrons. The first-order chi connectivity index (χ1) is 9.16. The Morgan fingerprint density at radius 2 is 2.05 bits per heavy atom. The minimum Gasteiger partial charge on any atom is -0.370 e. The fourth-order valence-electron chi connectivity index (χ4n) is 2.90. The van der Waals surface area contributed by atoms with Gasteiger partial charge in [-0.1, -0.05) is 13.8 Å². The Bertz CT molecular complexity index is 300. The molecule has 19 heavy (non-hydrogen) atoms. The summed E-state index contributed by atoms with van der Waals surface area (Å²) in [5, 5.41) is 0. The van der Waals surface area contributed by atoms with Crippen molar-refractivity contribution in [2.45, 2.75) is 32.7 Å². The monoisotopic (exact) mass is 284 g/mol. The Kier molecular flexibility index (Phi) is 5.82. The highest BCUT2D eigenvalue weighted by molar-refractivity contribution is 7.99. The van der Waals surface area contributed by atoms with Gasteiger partial charge in [0.1, 0.15) is 0 Å². The average molecular weight is 284 g/mol. The molecule has 5 heteroatoms. The Balaban J connectivity index is 1.82. The SMILES string of the molecule is CC(C)CN1CCC[C@@H]1CN=C(N)N1CCSCC1. The maximum atomic E-state index is 6.12. The van der Waals surface area contributed by atoms with E-state index in [0.717, 1.165) is 31.5 Å². The molecule has 2 saturated heterocycles. The highest BCUT2D eigenvalue weighted by Gasteiger charge is 2.24. The molecule has 2 aliphatic heterocycles. The van der Waals surface area contributed by atoms with Crippen LogP contribution in [0, 0.1) is 5.92 Å². The van der Waals surface area contributed by atoms with Crippen molar-refractivity contribution in [1.29, 1.82) is 0 Å². The van der Waals surface area contributed by atoms with E-state index in [1.807, 2.05) is 11.8 Å². The highest BCUT2D eigenvalue weighted by atomic mass is 32.2. The van der Waals surface area contributed by atoms with E-state index < -0.39 is 0 Å². The van der Waals surface area contributed by atoms with Crippen LogP contribution in [0.4, 0.5) is 0 Å². The third-order valence-electron chi connectivity index (χ3n) is 3.90. The third-order valence-corrected chi connectivity index (χ3v) is 4.84. The quantitative estimate of drug-likeness (QED) is 0.627. The number of guanidine groups is 1. The first-order valence-electron chi connectivity index (χ1n) is 7.53. The van der Waals surface area contributed by atoms with Crippen LogP contribution in [-0.4, -0.2) is 66.0 Å². The van der Waals surface area contributed by atoms with Gasteiger partial charge in [0.15, 0.2) is 5.96 Å². The van der Waals surface area contributed by atoms with Gasteiger partial charge < -0.3 is 10.6 Å². The number of thioether (sulfide) groups is 1. The van der Waals surface area contributed by atoms with Crippen LogP contribution < -0.4 is 5.73 Å². The van der Waals surface area contributed by atoms with E-state index in [0.29, 0.717) is 6.04 Å². The van der Waals surface area contributed by atoms with E-state index in [4.69, 9.17) is 5.73 Å². The summed E-state index contributed by atoms with van der Waals surface area (Å²) in [6, 6.07) is 0.611. The third kappa shape index (κ3) is 4.56. The van der Waals surface area contributed by atoms with Gasteiger partial charge in [-0.2, -0.15) is 11.8 Å². The molecule has 2 heterocycles. The second kappa shape index (κ2) is 7.39. The van der Waals surface area contributed by atoms with Crippen molar-refractivity contribution in [3.63, 3.8) is 0 Å². The Morgan fingerprint density at radius 1 is 1.32 bits per heavy atom. The highest BCUT2D eigenvalue weighted by Crippen LogP contribution is 2.19. The topological polar surface area (TPSA) is 44.9 Å². The van der Waals surface area contributed by atoms with Crippen molar-refractivity contribution in [2.24, 2.45) is 16.6 Å². The lowest BCUT2D eigenvalue weighted by atomic mass is 10.2. The first-order valence-corrected chi connectivity index (χ1v) is 8.69. The summed E-state index contributed by atoms with van der Waals surface area (Å²) in [5.41, 5.74) is 6.12. The predicted octanol–water partition coefficient (Wildman–Crippen LogP) is 1.47. The minimum absolute atomic E-state index is 0.611. The zero-order valence-corrected chi connectivity index (χ0v) is 13.2. The summed E-state index contributed by atoms with van der Waals surface area (Å²) in [7, 11) is 0. The van der Waals surface area contributed by atoms with Crippen molar-refractivity contribution >= 4 is 17.7 Å². The maximum absolute atomic E-state index is 6.12. The summed E-state index contributed by atoms with van der Waals surface area (Å²) in [4.78, 5) is 9.48. The van der Waals surface area contributed by atoms with E-state index in [1.54, 1.807) is 0 Å². The van der Waals surface area contributed by atoms with Gasteiger partial charge >= 0.3 is 0 Å². The van der Waals surface area contributed by atoms with E-state index in [-0.39, 0.29) is 0 Å². The van der Waals surface area contributed by atoms with E-state index in [1.165, 1.54) is 37.4 Å². The van der Waals surface area contributed by atoms with E-state index in [9.17, 15) is 0 Å². The molecule has 0 aromatic rings. The fourth-order valence-corrected chi connectivity index (χ4v) is 3.81. The molecule has 0 amide bonds. The number of rotatable bonds is 4. The van der Waals surface area contributed by atoms with Crippen molar-refractivity contribution in [1.82, 2.24) is 9.80 Å². The Labute approximate surface area is 121 Å². The van der Waals surface area contributed by atoms with Crippen LogP contribution in [0.3, 0.4) is 0 Å². The van der Waals surface area contributed by atoms with Crippen LogP contribution in [0.15, 0.2) is 4.99 Å². The molecule has 0 aliphatic carbocycles. The van der Waals surface area contributed by atoms with Gasteiger partial charge in [-0.15, -0.1) is 0 Å². The molecular weight excluding hydrogens is 256 g/mol. The lowest BCUT2D eigenvalue weighted by Gasteiger charge is -2.28. The van der Waals surface area contributed by atoms with Crippen molar-refractivity contribution in [3.8, 4) is 0 Å². The number of nitrogens with two attached hydrogens (primary N) is 1. The molecule has 2 aliphatic rings. The summed E-state index contributed by atoms with van der Waals surface area (Å²) in [5.74, 6) is 3.86. The second-order valence-corrected chi connectivity index (χ2v) is 7.21. The largest absolute Gasteiger partial charge is 0.370 e. The van der Waals surface area contributed by atoms with Crippen LogP contribution in [0.1, 0.15) is 26.7 Å². The van der Waals surface area contributed by atoms with Gasteiger partial charge in [0, 0.05) is 37.2 Å². The molecule has 2 N–H and O–H groups in total. The average Bonchev–Trinajstić information content (AvgIpc) is 2.83. The van der Waals surface area contributed by atoms with Gasteiger partial charge in [0.2, 0.25) is 0 Å². The number of hydrogen-bond donors (Lipinski definition) is 1. The molecular formula is C14H28N4S. The van der Waals surface area contributed by atoms with Crippen LogP contribution >= 0.6 is 11.8 Å². The Hall–Kier alpha value is -0.420. The summed E-state index contributed by atoms with van der Waals surface area (Å²) in [6.45, 7) is 10.00. The fraction of sp³-hybridized carbons (Fsp3) is 0.929. The van der Waals surface area contributed by atoms with Crippen LogP contribution in [0.25, 0.3) is 0 Å². The van der Waals surface area contributed by atoms with E-state index in [2.05, 4.69) is 28.6 Å². The van der Waals surface area contributed by atoms with Gasteiger partial charge in [0.05, 0.1) is 6.54 Å². The van der Waals surface area contributed by atoms with Crippen molar-refractivity contribution in [2.75, 3.05) is 44.2 Å². The summed E-state index contributed by atoms with van der Waals surface area (Å²) < 4.78 is 0. The van der Waals surface area contributed by atoms with Crippen LogP contribution in [0.5, 0.6) is 0 Å². The van der Waals surface area contributed by atoms with Crippen LogP contribution in [-0.2, 0) is 0 Å². The number of nitrogens with zero attached hydrogens (tertiary/aromatic N) is 3. The Morgan fingerprint density at radius 3 is 2.74 bits per heavy atom. The van der Waals surface area contributed by atoms with Crippen molar-refractivity contribution in [3.05, 3.63) is 0 Å². The lowest BCUT2D eigenvalue weighted by Crippen LogP contribution is -2.43.